The molecule has 1 aromatic rings. The molecule has 1 amide bonds. The molecule has 0 saturated carbocycles. The van der Waals surface area contributed by atoms with E-state index in [1.807, 2.05) is 34.6 Å². The van der Waals surface area contributed by atoms with Crippen LogP contribution in [0.15, 0.2) is 40.5 Å². The van der Waals surface area contributed by atoms with Gasteiger partial charge in [0, 0.05) is 29.0 Å². The molecule has 1 aromatic carbocycles. The maximum absolute atomic E-state index is 11.8. The van der Waals surface area contributed by atoms with Gasteiger partial charge in [-0.15, -0.1) is 28.7 Å². The molecule has 2 aliphatic heterocycles. The highest BCUT2D eigenvalue weighted by Gasteiger charge is 2.29. The number of rotatable bonds is 2. The van der Waals surface area contributed by atoms with Crippen molar-refractivity contribution in [1.82, 2.24) is 10.3 Å². The number of nitrogens with one attached hydrogen (secondary N) is 3. The third-order valence-electron chi connectivity index (χ3n) is 3.12. The number of carbonyl (C=O) groups is 1. The number of nitrogens with zero attached hydrogens (tertiary/aromatic N) is 2. The summed E-state index contributed by atoms with van der Waals surface area (Å²) in [6, 6.07) is 7.67. The molecule has 0 atom stereocenters. The number of fused-ring (bicyclic) bond motifs is 1. The fourth-order valence-corrected chi connectivity index (χ4v) is 3.05. The summed E-state index contributed by atoms with van der Waals surface area (Å²) in [5, 5.41) is 16.5. The second-order valence-corrected chi connectivity index (χ2v) is 5.71. The van der Waals surface area contributed by atoms with E-state index in [2.05, 4.69) is 15.8 Å². The van der Waals surface area contributed by atoms with E-state index in [4.69, 9.17) is 5.41 Å². The maximum Gasteiger partial charge on any atom is 0.288 e. The molecular formula is C14H16BrN5OS. The van der Waals surface area contributed by atoms with Gasteiger partial charge in [-0.3, -0.25) is 10.2 Å². The lowest BCUT2D eigenvalue weighted by Gasteiger charge is -2.33. The van der Waals surface area contributed by atoms with Crippen LogP contribution in [-0.2, 0) is 4.79 Å². The maximum atomic E-state index is 11.8. The highest BCUT2D eigenvalue weighted by Crippen LogP contribution is 2.24. The Morgan fingerprint density at radius 2 is 2.32 bits per heavy atom. The van der Waals surface area contributed by atoms with Crippen LogP contribution in [0.5, 0.6) is 0 Å². The Balaban J connectivity index is 0.00000176. The van der Waals surface area contributed by atoms with E-state index < -0.39 is 0 Å². The predicted molar refractivity (Wildman–Crippen MR) is 95.7 cm³/mol. The standard InChI is InChI=1S/C14H15N5OS.BrH/c1-9(15)16-11-4-2-3-10(7-11)13-17-18-14(20)12-8-21-6-5-19(12)13;/h2-4,7-8H,5-6H2,1H3,(H2,15,16)(H,18,20);1H. The molecule has 0 fully saturated rings. The van der Waals surface area contributed by atoms with Gasteiger partial charge in [0.15, 0.2) is 5.84 Å². The van der Waals surface area contributed by atoms with Crippen LogP contribution in [0.3, 0.4) is 0 Å². The van der Waals surface area contributed by atoms with Gasteiger partial charge in [0.2, 0.25) is 0 Å². The molecule has 0 saturated heterocycles. The Labute approximate surface area is 143 Å². The van der Waals surface area contributed by atoms with Crippen LogP contribution in [0.4, 0.5) is 5.69 Å². The van der Waals surface area contributed by atoms with Crippen LogP contribution < -0.4 is 10.7 Å². The molecule has 0 bridgehead atoms. The van der Waals surface area contributed by atoms with Crippen molar-refractivity contribution in [2.45, 2.75) is 6.92 Å². The van der Waals surface area contributed by atoms with Gasteiger partial charge in [-0.05, 0) is 19.1 Å². The van der Waals surface area contributed by atoms with Crippen molar-refractivity contribution in [1.29, 1.82) is 5.41 Å². The molecule has 0 spiro atoms. The average Bonchev–Trinajstić information content (AvgIpc) is 2.47. The van der Waals surface area contributed by atoms with Crippen molar-refractivity contribution in [3.63, 3.8) is 0 Å². The van der Waals surface area contributed by atoms with Gasteiger partial charge < -0.3 is 10.2 Å². The first-order valence-electron chi connectivity index (χ1n) is 6.55. The van der Waals surface area contributed by atoms with E-state index >= 15 is 0 Å². The van der Waals surface area contributed by atoms with Crippen LogP contribution in [-0.4, -0.2) is 34.8 Å². The van der Waals surface area contributed by atoms with Gasteiger partial charge in [-0.1, -0.05) is 12.1 Å². The van der Waals surface area contributed by atoms with E-state index in [-0.39, 0.29) is 22.9 Å². The SMILES string of the molecule is Br.CC(=N)Nc1cccc(C2=NNC(=O)C3=CSCCN32)c1. The minimum Gasteiger partial charge on any atom is -0.344 e. The van der Waals surface area contributed by atoms with Gasteiger partial charge in [-0.2, -0.15) is 5.10 Å². The Hall–Kier alpha value is -1.80. The normalized spacial score (nSPS) is 16.6. The molecular weight excluding hydrogens is 366 g/mol. The number of carbonyl (C=O) groups excluding carboxylic acids is 1. The Morgan fingerprint density at radius 1 is 1.50 bits per heavy atom. The number of amidine groups is 2. The van der Waals surface area contributed by atoms with E-state index in [0.717, 1.165) is 29.4 Å². The molecule has 2 aliphatic rings. The van der Waals surface area contributed by atoms with E-state index in [0.29, 0.717) is 11.5 Å². The smallest absolute Gasteiger partial charge is 0.288 e. The lowest BCUT2D eigenvalue weighted by atomic mass is 10.1. The van der Waals surface area contributed by atoms with Crippen molar-refractivity contribution in [2.75, 3.05) is 17.6 Å². The number of thioether (sulfide) groups is 1. The van der Waals surface area contributed by atoms with Crippen LogP contribution in [0.1, 0.15) is 12.5 Å². The number of anilines is 1. The summed E-state index contributed by atoms with van der Waals surface area (Å²) in [5.74, 6) is 1.86. The number of hydrogen-bond acceptors (Lipinski definition) is 5. The number of halogens is 1. The van der Waals surface area contributed by atoms with Crippen molar-refractivity contribution >= 4 is 52.0 Å². The highest BCUT2D eigenvalue weighted by atomic mass is 79.9. The van der Waals surface area contributed by atoms with Gasteiger partial charge in [0.25, 0.3) is 5.91 Å². The molecule has 0 aromatic heterocycles. The first kappa shape index (κ1) is 16.6. The molecule has 3 N–H and O–H groups in total. The largest absolute Gasteiger partial charge is 0.344 e. The predicted octanol–water partition coefficient (Wildman–Crippen LogP) is 2.36. The number of hydrazone groups is 1. The van der Waals surface area contributed by atoms with E-state index in [9.17, 15) is 4.79 Å². The molecule has 22 heavy (non-hydrogen) atoms. The summed E-state index contributed by atoms with van der Waals surface area (Å²) in [4.78, 5) is 13.8. The highest BCUT2D eigenvalue weighted by molar-refractivity contribution is 8.93. The topological polar surface area (TPSA) is 80.6 Å². The first-order chi connectivity index (χ1) is 10.1. The molecule has 2 heterocycles. The second kappa shape index (κ2) is 6.97. The molecule has 3 rings (SSSR count). The summed E-state index contributed by atoms with van der Waals surface area (Å²) in [6.07, 6.45) is 0. The van der Waals surface area contributed by atoms with Gasteiger partial charge in [-0.25, -0.2) is 5.43 Å². The zero-order chi connectivity index (χ0) is 14.8. The lowest BCUT2D eigenvalue weighted by Crippen LogP contribution is -2.45. The Morgan fingerprint density at radius 3 is 3.09 bits per heavy atom. The average molecular weight is 382 g/mol. The summed E-state index contributed by atoms with van der Waals surface area (Å²) in [7, 11) is 0. The number of hydrogen-bond donors (Lipinski definition) is 3. The fraction of sp³-hybridized carbons (Fsp3) is 0.214. The third-order valence-corrected chi connectivity index (χ3v) is 3.93. The molecule has 116 valence electrons. The molecule has 6 nitrogen and oxygen atoms in total. The summed E-state index contributed by atoms with van der Waals surface area (Å²) < 4.78 is 0. The number of amides is 1. The monoisotopic (exact) mass is 381 g/mol. The fourth-order valence-electron chi connectivity index (χ4n) is 2.26. The molecule has 8 heteroatoms. The summed E-state index contributed by atoms with van der Waals surface area (Å²) in [5.41, 5.74) is 4.92. The Bertz CT molecular complexity index is 673. The van der Waals surface area contributed by atoms with Crippen LogP contribution in [0, 0.1) is 5.41 Å². The minimum absolute atomic E-state index is 0. The van der Waals surface area contributed by atoms with E-state index in [1.54, 1.807) is 18.7 Å². The summed E-state index contributed by atoms with van der Waals surface area (Å²) >= 11 is 1.63. The van der Waals surface area contributed by atoms with Gasteiger partial charge in [0.05, 0.1) is 5.84 Å². The molecule has 0 aliphatic carbocycles. The number of benzene rings is 1. The van der Waals surface area contributed by atoms with Crippen LogP contribution >= 0.6 is 28.7 Å². The second-order valence-electron chi connectivity index (χ2n) is 4.73. The van der Waals surface area contributed by atoms with Crippen LogP contribution in [0.2, 0.25) is 0 Å². The van der Waals surface area contributed by atoms with Crippen molar-refractivity contribution in [3.8, 4) is 0 Å². The summed E-state index contributed by atoms with van der Waals surface area (Å²) in [6.45, 7) is 2.44. The van der Waals surface area contributed by atoms with E-state index in [1.165, 1.54) is 0 Å². The lowest BCUT2D eigenvalue weighted by molar-refractivity contribution is -0.119. The molecule has 0 unspecified atom stereocenters. The third kappa shape index (κ3) is 3.33. The first-order valence-corrected chi connectivity index (χ1v) is 7.60. The van der Waals surface area contributed by atoms with Crippen LogP contribution in [0.25, 0.3) is 0 Å². The van der Waals surface area contributed by atoms with Crippen molar-refractivity contribution in [3.05, 3.63) is 40.9 Å². The Kier molecular flexibility index (Phi) is 5.25. The zero-order valence-electron chi connectivity index (χ0n) is 11.9. The zero-order valence-corrected chi connectivity index (χ0v) is 14.4. The van der Waals surface area contributed by atoms with Crippen molar-refractivity contribution in [2.24, 2.45) is 5.10 Å². The van der Waals surface area contributed by atoms with Gasteiger partial charge >= 0.3 is 0 Å². The molecule has 0 radical (unpaired) electrons. The quantitative estimate of drug-likeness (QED) is 0.542. The van der Waals surface area contributed by atoms with Crippen molar-refractivity contribution < 1.29 is 4.79 Å². The minimum atomic E-state index is -0.171. The van der Waals surface area contributed by atoms with Gasteiger partial charge in [0.1, 0.15) is 5.70 Å².